The average molecular weight is 448 g/mol. The van der Waals surface area contributed by atoms with Gasteiger partial charge in [0.05, 0.1) is 24.8 Å². The summed E-state index contributed by atoms with van der Waals surface area (Å²) < 4.78 is 18.6. The van der Waals surface area contributed by atoms with Gasteiger partial charge in [-0.1, -0.05) is 0 Å². The van der Waals surface area contributed by atoms with E-state index in [-0.39, 0.29) is 54.4 Å². The Hall–Kier alpha value is -1.42. The van der Waals surface area contributed by atoms with Crippen LogP contribution in [0.5, 0.6) is 0 Å². The highest BCUT2D eigenvalue weighted by Gasteiger charge is 2.41. The molecule has 3 unspecified atom stereocenters. The van der Waals surface area contributed by atoms with Crippen molar-refractivity contribution in [3.8, 4) is 0 Å². The molecule has 6 nitrogen and oxygen atoms in total. The number of ether oxygens (including phenoxy) is 1. The highest BCUT2D eigenvalue weighted by atomic mass is 127. The zero-order valence-electron chi connectivity index (χ0n) is 13.4. The Bertz CT molecular complexity index is 596. The molecule has 2 saturated heterocycles. The number of amides is 1. The summed E-state index contributed by atoms with van der Waals surface area (Å²) in [6, 6.07) is 5.90. The minimum absolute atomic E-state index is 0. The smallest absolute Gasteiger partial charge is 0.243 e. The van der Waals surface area contributed by atoms with Crippen molar-refractivity contribution in [3.05, 3.63) is 30.1 Å². The van der Waals surface area contributed by atoms with Gasteiger partial charge in [0.25, 0.3) is 0 Å². The van der Waals surface area contributed by atoms with Crippen LogP contribution in [0.1, 0.15) is 19.3 Å². The normalized spacial score (nSPS) is 25.1. The van der Waals surface area contributed by atoms with Gasteiger partial charge < -0.3 is 20.7 Å². The number of hydrogen-bond acceptors (Lipinski definition) is 3. The molecule has 1 amide bonds. The molecule has 1 aromatic rings. The summed E-state index contributed by atoms with van der Waals surface area (Å²) in [6.07, 6.45) is 3.79. The van der Waals surface area contributed by atoms with Gasteiger partial charge in [0.1, 0.15) is 5.82 Å². The third kappa shape index (κ3) is 4.79. The molecule has 24 heavy (non-hydrogen) atoms. The van der Waals surface area contributed by atoms with Gasteiger partial charge in [-0.3, -0.25) is 9.79 Å². The van der Waals surface area contributed by atoms with Crippen LogP contribution in [0, 0.1) is 5.82 Å². The fourth-order valence-corrected chi connectivity index (χ4v) is 3.06. The van der Waals surface area contributed by atoms with E-state index in [1.165, 1.54) is 24.3 Å². The zero-order chi connectivity index (χ0) is 16.2. The van der Waals surface area contributed by atoms with Crippen molar-refractivity contribution in [1.82, 2.24) is 10.6 Å². The van der Waals surface area contributed by atoms with Crippen molar-refractivity contribution in [2.75, 3.05) is 18.9 Å². The standard InChI is InChI=1S/C16H21FN4O2.HI/c1-18-16(21-13-8-12-6-7-14(13)23-12)19-9-15(22)20-11-4-2-10(17)3-5-11;/h2-5,12-14H,6-9H2,1H3,(H,20,22)(H2,18,19,21);1H. The third-order valence-electron chi connectivity index (χ3n) is 4.20. The van der Waals surface area contributed by atoms with Crippen LogP contribution in [0.25, 0.3) is 0 Å². The monoisotopic (exact) mass is 448 g/mol. The first-order chi connectivity index (χ1) is 11.1. The van der Waals surface area contributed by atoms with Gasteiger partial charge in [-0.05, 0) is 43.5 Å². The number of benzene rings is 1. The van der Waals surface area contributed by atoms with Crippen molar-refractivity contribution >= 4 is 41.5 Å². The summed E-state index contributed by atoms with van der Waals surface area (Å²) in [7, 11) is 1.67. The van der Waals surface area contributed by atoms with Crippen molar-refractivity contribution in [1.29, 1.82) is 0 Å². The highest BCUT2D eigenvalue weighted by Crippen LogP contribution is 2.34. The van der Waals surface area contributed by atoms with E-state index in [9.17, 15) is 9.18 Å². The fourth-order valence-electron chi connectivity index (χ4n) is 3.06. The molecule has 0 radical (unpaired) electrons. The van der Waals surface area contributed by atoms with E-state index in [0.29, 0.717) is 17.8 Å². The lowest BCUT2D eigenvalue weighted by Crippen LogP contribution is -2.49. The number of carbonyl (C=O) groups is 1. The first kappa shape index (κ1) is 18.9. The molecule has 0 aliphatic carbocycles. The Morgan fingerprint density at radius 3 is 2.67 bits per heavy atom. The fraction of sp³-hybridized carbons (Fsp3) is 0.500. The summed E-state index contributed by atoms with van der Waals surface area (Å²) in [5.41, 5.74) is 0.558. The molecule has 0 saturated carbocycles. The van der Waals surface area contributed by atoms with Crippen LogP contribution >= 0.6 is 24.0 Å². The van der Waals surface area contributed by atoms with Gasteiger partial charge in [-0.25, -0.2) is 4.39 Å². The molecule has 2 heterocycles. The van der Waals surface area contributed by atoms with Crippen LogP contribution < -0.4 is 16.0 Å². The first-order valence-corrected chi connectivity index (χ1v) is 7.82. The SMILES string of the molecule is CN=C(NCC(=O)Nc1ccc(F)cc1)NC1CC2CCC1O2.I. The van der Waals surface area contributed by atoms with Gasteiger partial charge in [0.15, 0.2) is 5.96 Å². The van der Waals surface area contributed by atoms with Gasteiger partial charge in [0, 0.05) is 12.7 Å². The van der Waals surface area contributed by atoms with Crippen LogP contribution in [0.3, 0.4) is 0 Å². The highest BCUT2D eigenvalue weighted by molar-refractivity contribution is 14.0. The van der Waals surface area contributed by atoms with E-state index in [1.54, 1.807) is 7.05 Å². The molecule has 1 aromatic carbocycles. The van der Waals surface area contributed by atoms with Crippen LogP contribution in [0.15, 0.2) is 29.3 Å². The number of nitrogens with one attached hydrogen (secondary N) is 3. The quantitative estimate of drug-likeness (QED) is 0.374. The second-order valence-electron chi connectivity index (χ2n) is 5.84. The number of nitrogens with zero attached hydrogens (tertiary/aromatic N) is 1. The lowest BCUT2D eigenvalue weighted by Gasteiger charge is -2.22. The second kappa shape index (κ2) is 8.61. The minimum atomic E-state index is -0.334. The predicted molar refractivity (Wildman–Crippen MR) is 101 cm³/mol. The largest absolute Gasteiger partial charge is 0.373 e. The zero-order valence-corrected chi connectivity index (χ0v) is 15.8. The van der Waals surface area contributed by atoms with Crippen LogP contribution in [-0.2, 0) is 9.53 Å². The molecule has 3 N–H and O–H groups in total. The molecule has 0 aromatic heterocycles. The molecule has 8 heteroatoms. The van der Waals surface area contributed by atoms with Gasteiger partial charge in [0.2, 0.25) is 5.91 Å². The van der Waals surface area contributed by atoms with Crippen molar-refractivity contribution in [3.63, 3.8) is 0 Å². The summed E-state index contributed by atoms with van der Waals surface area (Å²) >= 11 is 0. The van der Waals surface area contributed by atoms with E-state index < -0.39 is 0 Å². The molecule has 2 aliphatic heterocycles. The van der Waals surface area contributed by atoms with E-state index >= 15 is 0 Å². The minimum Gasteiger partial charge on any atom is -0.373 e. The van der Waals surface area contributed by atoms with Gasteiger partial charge >= 0.3 is 0 Å². The Balaban J connectivity index is 0.00000208. The summed E-state index contributed by atoms with van der Waals surface area (Å²) in [5, 5.41) is 8.99. The maximum Gasteiger partial charge on any atom is 0.243 e. The molecule has 0 spiro atoms. The summed E-state index contributed by atoms with van der Waals surface area (Å²) in [5.74, 6) is 0.0305. The van der Waals surface area contributed by atoms with E-state index in [0.717, 1.165) is 19.3 Å². The Kier molecular flexibility index (Phi) is 6.79. The Labute approximate surface area is 157 Å². The van der Waals surface area contributed by atoms with Crippen LogP contribution in [0.2, 0.25) is 0 Å². The second-order valence-corrected chi connectivity index (χ2v) is 5.84. The van der Waals surface area contributed by atoms with Crippen LogP contribution in [-0.4, -0.2) is 43.7 Å². The number of guanidine groups is 1. The lowest BCUT2D eigenvalue weighted by atomic mass is 9.96. The Morgan fingerprint density at radius 2 is 2.08 bits per heavy atom. The van der Waals surface area contributed by atoms with Gasteiger partial charge in [-0.2, -0.15) is 0 Å². The number of anilines is 1. The average Bonchev–Trinajstić information content (AvgIpc) is 3.16. The molecular formula is C16H22FIN4O2. The maximum absolute atomic E-state index is 12.8. The number of aliphatic imine (C=N–C) groups is 1. The Morgan fingerprint density at radius 1 is 1.33 bits per heavy atom. The number of hydrogen-bond donors (Lipinski definition) is 3. The van der Waals surface area contributed by atoms with Gasteiger partial charge in [-0.15, -0.1) is 24.0 Å². The predicted octanol–water partition coefficient (Wildman–Crippen LogP) is 1.87. The van der Waals surface area contributed by atoms with Crippen molar-refractivity contribution < 1.29 is 13.9 Å². The molecule has 2 fully saturated rings. The van der Waals surface area contributed by atoms with Crippen LogP contribution in [0.4, 0.5) is 10.1 Å². The molecule has 132 valence electrons. The van der Waals surface area contributed by atoms with Crippen molar-refractivity contribution in [2.24, 2.45) is 4.99 Å². The summed E-state index contributed by atoms with van der Waals surface area (Å²) in [4.78, 5) is 16.0. The molecule has 3 atom stereocenters. The van der Waals surface area contributed by atoms with E-state index in [2.05, 4.69) is 20.9 Å². The lowest BCUT2D eigenvalue weighted by molar-refractivity contribution is -0.115. The number of rotatable bonds is 4. The third-order valence-corrected chi connectivity index (χ3v) is 4.20. The van der Waals surface area contributed by atoms with E-state index in [4.69, 9.17) is 4.74 Å². The summed E-state index contributed by atoms with van der Waals surface area (Å²) in [6.45, 7) is 0.0821. The maximum atomic E-state index is 12.8. The topological polar surface area (TPSA) is 74.8 Å². The number of carbonyl (C=O) groups excluding carboxylic acids is 1. The first-order valence-electron chi connectivity index (χ1n) is 7.82. The molecule has 2 bridgehead atoms. The molecule has 2 aliphatic rings. The number of halogens is 2. The van der Waals surface area contributed by atoms with Crippen molar-refractivity contribution in [2.45, 2.75) is 37.5 Å². The van der Waals surface area contributed by atoms with E-state index in [1.807, 2.05) is 0 Å². The number of fused-ring (bicyclic) bond motifs is 2. The molecular weight excluding hydrogens is 426 g/mol. The molecule has 3 rings (SSSR count).